The molecule has 2 N–H and O–H groups in total. The van der Waals surface area contributed by atoms with Crippen LogP contribution in [0.1, 0.15) is 190 Å². The number of hydrogen-bond donors (Lipinski definition) is 2. The van der Waals surface area contributed by atoms with Gasteiger partial charge in [-0.2, -0.15) is 0 Å². The molecule has 2 rings (SSSR count). The summed E-state index contributed by atoms with van der Waals surface area (Å²) in [6.45, 7) is 14.7. The third-order valence-corrected chi connectivity index (χ3v) is 9.71. The first kappa shape index (κ1) is 39.2. The van der Waals surface area contributed by atoms with Crippen LogP contribution in [-0.4, -0.2) is 6.67 Å². The van der Waals surface area contributed by atoms with Crippen LogP contribution >= 0.6 is 0 Å². The van der Waals surface area contributed by atoms with E-state index in [-0.39, 0.29) is 0 Å². The van der Waals surface area contributed by atoms with Crippen LogP contribution in [0.3, 0.4) is 0 Å². The van der Waals surface area contributed by atoms with Gasteiger partial charge in [0.05, 0.1) is 6.67 Å². The molecule has 0 aliphatic rings. The number of rotatable bonds is 28. The second kappa shape index (κ2) is 25.2. The summed E-state index contributed by atoms with van der Waals surface area (Å²) in [6, 6.07) is 10.3. The van der Waals surface area contributed by atoms with E-state index in [9.17, 15) is 0 Å². The predicted molar refractivity (Wildman–Crippen MR) is 204 cm³/mol. The summed E-state index contributed by atoms with van der Waals surface area (Å²) < 4.78 is 0. The lowest BCUT2D eigenvalue weighted by atomic mass is 9.92. The zero-order valence-corrected chi connectivity index (χ0v) is 31.0. The molecule has 0 heterocycles. The first-order valence-corrected chi connectivity index (χ1v) is 19.9. The van der Waals surface area contributed by atoms with E-state index >= 15 is 0 Å². The van der Waals surface area contributed by atoms with Gasteiger partial charge in [0.25, 0.3) is 0 Å². The van der Waals surface area contributed by atoms with Crippen LogP contribution in [0.25, 0.3) is 0 Å². The van der Waals surface area contributed by atoms with Gasteiger partial charge in [-0.25, -0.2) is 0 Å². The Morgan fingerprint density at radius 1 is 0.311 bits per heavy atom. The lowest BCUT2D eigenvalue weighted by molar-refractivity contribution is 0.689. The third kappa shape index (κ3) is 15.5. The zero-order valence-electron chi connectivity index (χ0n) is 31.0. The topological polar surface area (TPSA) is 24.1 Å². The van der Waals surface area contributed by atoms with Crippen molar-refractivity contribution in [1.82, 2.24) is 0 Å². The minimum Gasteiger partial charge on any atom is -0.368 e. The van der Waals surface area contributed by atoms with Gasteiger partial charge in [0.1, 0.15) is 0 Å². The summed E-state index contributed by atoms with van der Waals surface area (Å²) in [5.41, 5.74) is 12.2. The van der Waals surface area contributed by atoms with Crippen molar-refractivity contribution in [1.29, 1.82) is 0 Å². The van der Waals surface area contributed by atoms with Crippen molar-refractivity contribution in [2.45, 2.75) is 196 Å². The molecule has 2 heteroatoms. The molecule has 2 aromatic carbocycles. The smallest absolute Gasteiger partial charge is 0.0849 e. The van der Waals surface area contributed by atoms with E-state index in [0.717, 1.165) is 6.67 Å². The fourth-order valence-electron chi connectivity index (χ4n) is 6.78. The van der Waals surface area contributed by atoms with Crippen molar-refractivity contribution in [3.8, 4) is 0 Å². The summed E-state index contributed by atoms with van der Waals surface area (Å²) in [5.74, 6) is 0. The largest absolute Gasteiger partial charge is 0.368 e. The Hall–Kier alpha value is -1.96. The molecule has 0 saturated heterocycles. The standard InChI is InChI=1S/C43H74N2/c1-7-13-19-25-36-31-40(29-23-17-11-5)42(33-38(36)27-21-15-9-3)44-35-45-43-34-39(28-22-16-10-4)37(26-20-14-8-2)32-41(43)30-24-18-12-6/h31-34,44-45H,7-30,35H2,1-6H3. The summed E-state index contributed by atoms with van der Waals surface area (Å²) >= 11 is 0. The number of anilines is 2. The molecule has 2 nitrogen and oxygen atoms in total. The van der Waals surface area contributed by atoms with Crippen LogP contribution in [0.15, 0.2) is 24.3 Å². The molecular weight excluding hydrogens is 544 g/mol. The monoisotopic (exact) mass is 619 g/mol. The van der Waals surface area contributed by atoms with Crippen LogP contribution in [-0.2, 0) is 38.5 Å². The summed E-state index contributed by atoms with van der Waals surface area (Å²) in [7, 11) is 0. The quantitative estimate of drug-likeness (QED) is 0.0732. The highest BCUT2D eigenvalue weighted by Crippen LogP contribution is 2.29. The van der Waals surface area contributed by atoms with Gasteiger partial charge in [0.15, 0.2) is 0 Å². The van der Waals surface area contributed by atoms with Crippen molar-refractivity contribution in [3.05, 3.63) is 57.6 Å². The molecule has 0 unspecified atom stereocenters. The SMILES string of the molecule is CCCCCc1cc(CCCCC)c(NCNc2cc(CCCCC)c(CCCCC)cc2CCCCC)cc1CCCCC. The maximum Gasteiger partial charge on any atom is 0.0849 e. The highest BCUT2D eigenvalue weighted by Gasteiger charge is 2.13. The highest BCUT2D eigenvalue weighted by atomic mass is 15.1. The molecule has 0 spiro atoms. The summed E-state index contributed by atoms with van der Waals surface area (Å²) in [4.78, 5) is 0. The van der Waals surface area contributed by atoms with Gasteiger partial charge >= 0.3 is 0 Å². The van der Waals surface area contributed by atoms with Crippen LogP contribution in [0, 0.1) is 0 Å². The number of hydrogen-bond acceptors (Lipinski definition) is 2. The molecule has 0 fully saturated rings. The second-order valence-corrected chi connectivity index (χ2v) is 13.8. The molecule has 0 saturated carbocycles. The molecule has 0 aromatic heterocycles. The lowest BCUT2D eigenvalue weighted by Gasteiger charge is -2.21. The fourth-order valence-corrected chi connectivity index (χ4v) is 6.78. The summed E-state index contributed by atoms with van der Waals surface area (Å²) in [6.07, 6.45) is 30.7. The molecular formula is C43H74N2. The number of aryl methyl sites for hydroxylation is 6. The van der Waals surface area contributed by atoms with E-state index in [2.05, 4.69) is 76.4 Å². The van der Waals surface area contributed by atoms with E-state index in [4.69, 9.17) is 0 Å². The number of benzene rings is 2. The Morgan fingerprint density at radius 3 is 0.822 bits per heavy atom. The molecule has 0 amide bonds. The van der Waals surface area contributed by atoms with Crippen LogP contribution in [0.2, 0.25) is 0 Å². The maximum absolute atomic E-state index is 3.93. The van der Waals surface area contributed by atoms with Crippen LogP contribution < -0.4 is 10.6 Å². The Kier molecular flexibility index (Phi) is 21.9. The molecule has 0 atom stereocenters. The summed E-state index contributed by atoms with van der Waals surface area (Å²) in [5, 5.41) is 7.85. The highest BCUT2D eigenvalue weighted by molar-refractivity contribution is 5.59. The minimum absolute atomic E-state index is 0.786. The fraction of sp³-hybridized carbons (Fsp3) is 0.721. The van der Waals surface area contributed by atoms with Gasteiger partial charge in [0.2, 0.25) is 0 Å². The molecule has 0 radical (unpaired) electrons. The minimum atomic E-state index is 0.786. The molecule has 2 aromatic rings. The Labute approximate surface area is 281 Å². The van der Waals surface area contributed by atoms with Gasteiger partial charge in [-0.1, -0.05) is 131 Å². The maximum atomic E-state index is 3.93. The molecule has 256 valence electrons. The van der Waals surface area contributed by atoms with Crippen molar-refractivity contribution >= 4 is 11.4 Å². The van der Waals surface area contributed by atoms with E-state index in [1.165, 1.54) is 177 Å². The Bertz CT molecular complexity index is 941. The number of nitrogens with one attached hydrogen (secondary N) is 2. The Morgan fingerprint density at radius 2 is 0.556 bits per heavy atom. The van der Waals surface area contributed by atoms with E-state index in [1.54, 1.807) is 22.3 Å². The molecule has 0 aliphatic heterocycles. The first-order chi connectivity index (χ1) is 22.1. The van der Waals surface area contributed by atoms with Gasteiger partial charge in [-0.05, 0) is 123 Å². The predicted octanol–water partition coefficient (Wildman–Crippen LogP) is 13.6. The zero-order chi connectivity index (χ0) is 32.5. The van der Waals surface area contributed by atoms with Crippen molar-refractivity contribution in [3.63, 3.8) is 0 Å². The first-order valence-electron chi connectivity index (χ1n) is 19.9. The molecule has 0 aliphatic carbocycles. The van der Waals surface area contributed by atoms with Crippen LogP contribution in [0.5, 0.6) is 0 Å². The molecule has 45 heavy (non-hydrogen) atoms. The van der Waals surface area contributed by atoms with Gasteiger partial charge in [-0.15, -0.1) is 0 Å². The van der Waals surface area contributed by atoms with Crippen molar-refractivity contribution < 1.29 is 0 Å². The van der Waals surface area contributed by atoms with Gasteiger partial charge in [-0.3, -0.25) is 0 Å². The van der Waals surface area contributed by atoms with Crippen LogP contribution in [0.4, 0.5) is 11.4 Å². The van der Waals surface area contributed by atoms with E-state index in [1.807, 2.05) is 0 Å². The van der Waals surface area contributed by atoms with Crippen molar-refractivity contribution in [2.75, 3.05) is 17.3 Å². The van der Waals surface area contributed by atoms with Gasteiger partial charge < -0.3 is 10.6 Å². The van der Waals surface area contributed by atoms with Crippen molar-refractivity contribution in [2.24, 2.45) is 0 Å². The molecule has 0 bridgehead atoms. The average Bonchev–Trinajstić information content (AvgIpc) is 3.04. The Balaban J connectivity index is 2.35. The van der Waals surface area contributed by atoms with Gasteiger partial charge in [0, 0.05) is 11.4 Å². The normalized spacial score (nSPS) is 11.3. The third-order valence-electron chi connectivity index (χ3n) is 9.71. The number of unbranched alkanes of at least 4 members (excludes halogenated alkanes) is 12. The van der Waals surface area contributed by atoms with E-state index in [0.29, 0.717) is 0 Å². The second-order valence-electron chi connectivity index (χ2n) is 13.8. The van der Waals surface area contributed by atoms with E-state index < -0.39 is 0 Å². The average molecular weight is 619 g/mol. The lowest BCUT2D eigenvalue weighted by Crippen LogP contribution is -2.16.